The van der Waals surface area contributed by atoms with Gasteiger partial charge in [-0.25, -0.2) is 0 Å². The van der Waals surface area contributed by atoms with Crippen LogP contribution in [0, 0.1) is 5.92 Å². The highest BCUT2D eigenvalue weighted by Crippen LogP contribution is 2.20. The van der Waals surface area contributed by atoms with E-state index in [9.17, 15) is 9.59 Å². The van der Waals surface area contributed by atoms with Crippen LogP contribution in [-0.4, -0.2) is 53.8 Å². The molecule has 0 aromatic carbocycles. The topological polar surface area (TPSA) is 66.6 Å². The molecule has 2 N–H and O–H groups in total. The largest absolute Gasteiger partial charge is 0.343 e. The van der Waals surface area contributed by atoms with Crippen LogP contribution in [0.5, 0.6) is 0 Å². The van der Waals surface area contributed by atoms with Crippen molar-refractivity contribution in [2.75, 3.05) is 26.2 Å². The number of hydrogen-bond donors (Lipinski definition) is 1. The zero-order valence-corrected chi connectivity index (χ0v) is 15.0. The maximum absolute atomic E-state index is 12.1. The first kappa shape index (κ1) is 21.2. The lowest BCUT2D eigenvalue weighted by Crippen LogP contribution is -2.42. The second kappa shape index (κ2) is 10.8. The smallest absolute Gasteiger partial charge is 0.222 e. The molecule has 5 nitrogen and oxygen atoms in total. The molecule has 0 aromatic heterocycles. The quantitative estimate of drug-likeness (QED) is 0.775. The van der Waals surface area contributed by atoms with Crippen LogP contribution >= 0.6 is 12.4 Å². The van der Waals surface area contributed by atoms with Crippen LogP contribution in [-0.2, 0) is 9.59 Å². The van der Waals surface area contributed by atoms with Crippen LogP contribution in [0.1, 0.15) is 52.9 Å². The minimum absolute atomic E-state index is 0. The molecule has 2 amide bonds. The Hall–Kier alpha value is -0.810. The van der Waals surface area contributed by atoms with Gasteiger partial charge in [-0.15, -0.1) is 12.4 Å². The molecule has 22 heavy (non-hydrogen) atoms. The van der Waals surface area contributed by atoms with Crippen molar-refractivity contribution in [3.8, 4) is 0 Å². The second-order valence-electron chi connectivity index (χ2n) is 6.00. The van der Waals surface area contributed by atoms with E-state index in [0.29, 0.717) is 25.2 Å². The SMILES string of the molecule is CCN(CC)C(=O)CCCC(=O)N1CCC(C(C)N)CC1.Cl. The average molecular weight is 334 g/mol. The number of halogens is 1. The second-order valence-corrected chi connectivity index (χ2v) is 6.00. The molecule has 1 rings (SSSR count). The van der Waals surface area contributed by atoms with Gasteiger partial charge in [0, 0.05) is 45.1 Å². The van der Waals surface area contributed by atoms with Gasteiger partial charge in [0.15, 0.2) is 0 Å². The maximum atomic E-state index is 12.1. The third-order valence-corrected chi connectivity index (χ3v) is 4.53. The van der Waals surface area contributed by atoms with E-state index in [1.54, 1.807) is 0 Å². The summed E-state index contributed by atoms with van der Waals surface area (Å²) in [7, 11) is 0. The standard InChI is InChI=1S/C16H31N3O2.ClH/c1-4-18(5-2)15(20)7-6-8-16(21)19-11-9-14(10-12-19)13(3)17;/h13-14H,4-12,17H2,1-3H3;1H. The molecular weight excluding hydrogens is 302 g/mol. The van der Waals surface area contributed by atoms with Crippen LogP contribution < -0.4 is 5.73 Å². The highest BCUT2D eigenvalue weighted by Gasteiger charge is 2.24. The summed E-state index contributed by atoms with van der Waals surface area (Å²) in [6, 6.07) is 0.217. The summed E-state index contributed by atoms with van der Waals surface area (Å²) in [6.45, 7) is 9.12. The minimum Gasteiger partial charge on any atom is -0.343 e. The Morgan fingerprint density at radius 1 is 1.18 bits per heavy atom. The summed E-state index contributed by atoms with van der Waals surface area (Å²) < 4.78 is 0. The Bertz CT molecular complexity index is 338. The predicted molar refractivity (Wildman–Crippen MR) is 92.0 cm³/mol. The molecule has 1 saturated heterocycles. The molecule has 0 aromatic rings. The van der Waals surface area contributed by atoms with Gasteiger partial charge in [0.2, 0.25) is 11.8 Å². The molecule has 1 fully saturated rings. The lowest BCUT2D eigenvalue weighted by Gasteiger charge is -2.33. The fourth-order valence-electron chi connectivity index (χ4n) is 2.96. The van der Waals surface area contributed by atoms with Gasteiger partial charge in [-0.05, 0) is 46.0 Å². The fourth-order valence-corrected chi connectivity index (χ4v) is 2.96. The van der Waals surface area contributed by atoms with Crippen LogP contribution in [0.4, 0.5) is 0 Å². The van der Waals surface area contributed by atoms with E-state index >= 15 is 0 Å². The number of carbonyl (C=O) groups excluding carboxylic acids is 2. The molecule has 1 aliphatic heterocycles. The van der Waals surface area contributed by atoms with Crippen molar-refractivity contribution >= 4 is 24.2 Å². The summed E-state index contributed by atoms with van der Waals surface area (Å²) >= 11 is 0. The summed E-state index contributed by atoms with van der Waals surface area (Å²) in [4.78, 5) is 27.8. The van der Waals surface area contributed by atoms with E-state index in [2.05, 4.69) is 0 Å². The highest BCUT2D eigenvalue weighted by atomic mass is 35.5. The molecule has 6 heteroatoms. The lowest BCUT2D eigenvalue weighted by molar-refractivity contribution is -0.133. The van der Waals surface area contributed by atoms with Crippen LogP contribution in [0.3, 0.4) is 0 Å². The molecule has 0 saturated carbocycles. The fraction of sp³-hybridized carbons (Fsp3) is 0.875. The van der Waals surface area contributed by atoms with Gasteiger partial charge in [0.05, 0.1) is 0 Å². The molecule has 0 radical (unpaired) electrons. The van der Waals surface area contributed by atoms with Crippen molar-refractivity contribution in [2.24, 2.45) is 11.7 Å². The Labute approximate surface area is 141 Å². The zero-order valence-electron chi connectivity index (χ0n) is 14.2. The van der Waals surface area contributed by atoms with Crippen LogP contribution in [0.2, 0.25) is 0 Å². The Balaban J connectivity index is 0.00000441. The first-order chi connectivity index (χ1) is 9.99. The van der Waals surface area contributed by atoms with Crippen LogP contribution in [0.15, 0.2) is 0 Å². The number of rotatable bonds is 7. The van der Waals surface area contributed by atoms with Gasteiger partial charge in [-0.1, -0.05) is 0 Å². The van der Waals surface area contributed by atoms with E-state index in [-0.39, 0.29) is 30.3 Å². The number of likely N-dealkylation sites (tertiary alicyclic amines) is 1. The normalized spacial score (nSPS) is 16.8. The van der Waals surface area contributed by atoms with Crippen LogP contribution in [0.25, 0.3) is 0 Å². The molecule has 0 aliphatic carbocycles. The zero-order chi connectivity index (χ0) is 15.8. The van der Waals surface area contributed by atoms with Gasteiger partial charge in [0.25, 0.3) is 0 Å². The maximum Gasteiger partial charge on any atom is 0.222 e. The first-order valence-electron chi connectivity index (χ1n) is 8.30. The molecule has 1 atom stereocenters. The lowest BCUT2D eigenvalue weighted by atomic mass is 9.91. The van der Waals surface area contributed by atoms with Gasteiger partial charge in [-0.2, -0.15) is 0 Å². The third kappa shape index (κ3) is 6.53. The molecule has 1 heterocycles. The Morgan fingerprint density at radius 2 is 1.73 bits per heavy atom. The highest BCUT2D eigenvalue weighted by molar-refractivity contribution is 5.85. The van der Waals surface area contributed by atoms with Crippen molar-refractivity contribution in [2.45, 2.75) is 58.9 Å². The molecule has 130 valence electrons. The number of nitrogens with two attached hydrogens (primary N) is 1. The number of hydrogen-bond acceptors (Lipinski definition) is 3. The molecule has 1 aliphatic rings. The first-order valence-corrected chi connectivity index (χ1v) is 8.30. The van der Waals surface area contributed by atoms with Crippen molar-refractivity contribution in [1.29, 1.82) is 0 Å². The number of piperidine rings is 1. The Kier molecular flexibility index (Phi) is 10.4. The molecule has 0 spiro atoms. The number of amides is 2. The van der Waals surface area contributed by atoms with E-state index in [0.717, 1.165) is 39.0 Å². The molecule has 1 unspecified atom stereocenters. The van der Waals surface area contributed by atoms with Gasteiger partial charge in [0.1, 0.15) is 0 Å². The van der Waals surface area contributed by atoms with Gasteiger partial charge >= 0.3 is 0 Å². The Morgan fingerprint density at radius 3 is 2.18 bits per heavy atom. The molecule has 0 bridgehead atoms. The summed E-state index contributed by atoms with van der Waals surface area (Å²) in [5.41, 5.74) is 5.91. The van der Waals surface area contributed by atoms with E-state index in [1.165, 1.54) is 0 Å². The summed E-state index contributed by atoms with van der Waals surface area (Å²) in [5.74, 6) is 0.882. The van der Waals surface area contributed by atoms with Gasteiger partial charge < -0.3 is 15.5 Å². The minimum atomic E-state index is 0. The van der Waals surface area contributed by atoms with E-state index in [4.69, 9.17) is 5.73 Å². The predicted octanol–water partition coefficient (Wildman–Crippen LogP) is 2.03. The average Bonchev–Trinajstić information content (AvgIpc) is 2.48. The molecular formula is C16H32ClN3O2. The van der Waals surface area contributed by atoms with E-state index < -0.39 is 0 Å². The van der Waals surface area contributed by atoms with E-state index in [1.807, 2.05) is 30.6 Å². The number of nitrogens with zero attached hydrogens (tertiary/aromatic N) is 2. The van der Waals surface area contributed by atoms with Crippen molar-refractivity contribution < 1.29 is 9.59 Å². The summed E-state index contributed by atoms with van der Waals surface area (Å²) in [6.07, 6.45) is 3.62. The van der Waals surface area contributed by atoms with Crippen molar-refractivity contribution in [1.82, 2.24) is 9.80 Å². The number of carbonyl (C=O) groups is 2. The third-order valence-electron chi connectivity index (χ3n) is 4.53. The van der Waals surface area contributed by atoms with Crippen molar-refractivity contribution in [3.05, 3.63) is 0 Å². The van der Waals surface area contributed by atoms with Crippen molar-refractivity contribution in [3.63, 3.8) is 0 Å². The van der Waals surface area contributed by atoms with Gasteiger partial charge in [-0.3, -0.25) is 9.59 Å². The summed E-state index contributed by atoms with van der Waals surface area (Å²) in [5, 5.41) is 0. The monoisotopic (exact) mass is 333 g/mol.